The summed E-state index contributed by atoms with van der Waals surface area (Å²) in [5.74, 6) is -0.315. The average Bonchev–Trinajstić information content (AvgIpc) is 2.37. The summed E-state index contributed by atoms with van der Waals surface area (Å²) in [4.78, 5) is 11.4. The number of unbranched alkanes of at least 4 members (excludes halogenated alkanes) is 1. The molecule has 0 aromatic carbocycles. The Hall–Kier alpha value is -0.650. The predicted octanol–water partition coefficient (Wildman–Crippen LogP) is 2.67. The molecule has 0 bridgehead atoms. The molecule has 0 aromatic rings. The van der Waals surface area contributed by atoms with Gasteiger partial charge < -0.3 is 18.9 Å². The van der Waals surface area contributed by atoms with Crippen LogP contribution in [0.4, 0.5) is 0 Å². The molecule has 0 saturated carbocycles. The van der Waals surface area contributed by atoms with Gasteiger partial charge in [-0.05, 0) is 52.9 Å². The van der Waals surface area contributed by atoms with Crippen molar-refractivity contribution in [3.8, 4) is 0 Å². The Morgan fingerprint density at radius 2 is 1.95 bits per heavy atom. The van der Waals surface area contributed by atoms with Crippen LogP contribution in [0, 0.1) is 0 Å². The topological polar surface area (TPSA) is 54.0 Å². The van der Waals surface area contributed by atoms with Crippen molar-refractivity contribution in [3.05, 3.63) is 0 Å². The van der Waals surface area contributed by atoms with Crippen LogP contribution in [-0.4, -0.2) is 44.3 Å². The number of esters is 1. The Morgan fingerprint density at radius 1 is 1.20 bits per heavy atom. The van der Waals surface area contributed by atoms with Crippen molar-refractivity contribution in [1.82, 2.24) is 0 Å². The molecule has 1 heterocycles. The lowest BCUT2D eigenvalue weighted by atomic mass is 10.2. The minimum atomic E-state index is -0.450. The second-order valence-corrected chi connectivity index (χ2v) is 6.01. The van der Waals surface area contributed by atoms with E-state index in [1.165, 1.54) is 6.42 Å². The van der Waals surface area contributed by atoms with E-state index >= 15 is 0 Å². The van der Waals surface area contributed by atoms with E-state index in [9.17, 15) is 4.79 Å². The van der Waals surface area contributed by atoms with Gasteiger partial charge in [0, 0.05) is 19.8 Å². The fraction of sp³-hybridized carbons (Fsp3) is 0.933. The highest BCUT2D eigenvalue weighted by molar-refractivity contribution is 5.71. The third-order valence-electron chi connectivity index (χ3n) is 2.76. The quantitative estimate of drug-likeness (QED) is 0.508. The molecule has 1 saturated heterocycles. The molecule has 0 aliphatic carbocycles. The SMILES string of the molecule is CC(C)(C)OC(=O)COCCCCOC1CCCCO1. The van der Waals surface area contributed by atoms with Crippen LogP contribution in [0.15, 0.2) is 0 Å². The summed E-state index contributed by atoms with van der Waals surface area (Å²) in [5.41, 5.74) is -0.450. The number of rotatable bonds is 8. The van der Waals surface area contributed by atoms with E-state index in [0.29, 0.717) is 13.2 Å². The molecule has 0 radical (unpaired) electrons. The molecular formula is C15H28O5. The summed E-state index contributed by atoms with van der Waals surface area (Å²) >= 11 is 0. The van der Waals surface area contributed by atoms with Crippen molar-refractivity contribution in [2.45, 2.75) is 64.8 Å². The molecule has 20 heavy (non-hydrogen) atoms. The van der Waals surface area contributed by atoms with Gasteiger partial charge in [-0.2, -0.15) is 0 Å². The van der Waals surface area contributed by atoms with Crippen LogP contribution in [0.2, 0.25) is 0 Å². The van der Waals surface area contributed by atoms with Gasteiger partial charge in [0.1, 0.15) is 12.2 Å². The number of hydrogen-bond acceptors (Lipinski definition) is 5. The fourth-order valence-electron chi connectivity index (χ4n) is 1.89. The van der Waals surface area contributed by atoms with Crippen LogP contribution in [0.1, 0.15) is 52.9 Å². The van der Waals surface area contributed by atoms with Gasteiger partial charge in [0.25, 0.3) is 0 Å². The molecule has 1 unspecified atom stereocenters. The summed E-state index contributed by atoms with van der Waals surface area (Å²) in [6.07, 6.45) is 5.08. The first-order valence-electron chi connectivity index (χ1n) is 7.50. The summed E-state index contributed by atoms with van der Waals surface area (Å²) in [6, 6.07) is 0. The smallest absolute Gasteiger partial charge is 0.332 e. The second kappa shape index (κ2) is 9.32. The molecule has 0 spiro atoms. The van der Waals surface area contributed by atoms with E-state index < -0.39 is 5.60 Å². The van der Waals surface area contributed by atoms with E-state index in [2.05, 4.69) is 0 Å². The van der Waals surface area contributed by atoms with Crippen LogP contribution in [-0.2, 0) is 23.7 Å². The van der Waals surface area contributed by atoms with Crippen molar-refractivity contribution in [2.24, 2.45) is 0 Å². The molecule has 1 rings (SSSR count). The molecule has 1 aliphatic heterocycles. The van der Waals surface area contributed by atoms with Gasteiger partial charge in [0.15, 0.2) is 6.29 Å². The lowest BCUT2D eigenvalue weighted by Gasteiger charge is -2.22. The third kappa shape index (κ3) is 9.28. The lowest BCUT2D eigenvalue weighted by Crippen LogP contribution is -2.26. The molecule has 0 amide bonds. The van der Waals surface area contributed by atoms with Crippen molar-refractivity contribution in [3.63, 3.8) is 0 Å². The fourth-order valence-corrected chi connectivity index (χ4v) is 1.89. The van der Waals surface area contributed by atoms with Crippen molar-refractivity contribution < 1.29 is 23.7 Å². The Balaban J connectivity index is 1.88. The first kappa shape index (κ1) is 17.4. The van der Waals surface area contributed by atoms with Gasteiger partial charge in [-0.3, -0.25) is 0 Å². The molecule has 118 valence electrons. The Morgan fingerprint density at radius 3 is 2.60 bits per heavy atom. The zero-order valence-corrected chi connectivity index (χ0v) is 13.0. The van der Waals surface area contributed by atoms with E-state index in [1.54, 1.807) is 0 Å². The maximum Gasteiger partial charge on any atom is 0.332 e. The molecular weight excluding hydrogens is 260 g/mol. The molecule has 5 nitrogen and oxygen atoms in total. The third-order valence-corrected chi connectivity index (χ3v) is 2.76. The Bertz CT molecular complexity index is 266. The van der Waals surface area contributed by atoms with Crippen LogP contribution in [0.25, 0.3) is 0 Å². The largest absolute Gasteiger partial charge is 0.458 e. The molecule has 0 N–H and O–H groups in total. The normalized spacial score (nSPS) is 19.9. The van der Waals surface area contributed by atoms with Crippen LogP contribution < -0.4 is 0 Å². The highest BCUT2D eigenvalue weighted by atomic mass is 16.7. The van der Waals surface area contributed by atoms with Gasteiger partial charge in [-0.25, -0.2) is 4.79 Å². The van der Waals surface area contributed by atoms with E-state index in [1.807, 2.05) is 20.8 Å². The Kier molecular flexibility index (Phi) is 8.11. The van der Waals surface area contributed by atoms with Gasteiger partial charge in [0.05, 0.1) is 0 Å². The molecule has 0 aromatic heterocycles. The van der Waals surface area contributed by atoms with Gasteiger partial charge >= 0.3 is 5.97 Å². The average molecular weight is 288 g/mol. The zero-order chi connectivity index (χ0) is 14.8. The highest BCUT2D eigenvalue weighted by Gasteiger charge is 2.16. The monoisotopic (exact) mass is 288 g/mol. The zero-order valence-electron chi connectivity index (χ0n) is 13.0. The minimum Gasteiger partial charge on any atom is -0.458 e. The van der Waals surface area contributed by atoms with Crippen LogP contribution in [0.5, 0.6) is 0 Å². The first-order chi connectivity index (χ1) is 9.47. The van der Waals surface area contributed by atoms with Crippen molar-refractivity contribution in [1.29, 1.82) is 0 Å². The van der Waals surface area contributed by atoms with Crippen LogP contribution in [0.3, 0.4) is 0 Å². The van der Waals surface area contributed by atoms with E-state index in [4.69, 9.17) is 18.9 Å². The second-order valence-electron chi connectivity index (χ2n) is 6.01. The van der Waals surface area contributed by atoms with E-state index in [0.717, 1.165) is 32.3 Å². The minimum absolute atomic E-state index is 0.0177. The summed E-state index contributed by atoms with van der Waals surface area (Å²) in [5, 5.41) is 0. The van der Waals surface area contributed by atoms with E-state index in [-0.39, 0.29) is 18.9 Å². The van der Waals surface area contributed by atoms with Gasteiger partial charge in [-0.1, -0.05) is 0 Å². The first-order valence-corrected chi connectivity index (χ1v) is 7.50. The number of ether oxygens (including phenoxy) is 4. The molecule has 1 fully saturated rings. The molecule has 1 aliphatic rings. The standard InChI is InChI=1S/C15H28O5/c1-15(2,3)20-13(16)12-17-9-6-7-11-19-14-8-4-5-10-18-14/h14H,4-12H2,1-3H3. The number of carbonyl (C=O) groups excluding carboxylic acids is 1. The number of hydrogen-bond donors (Lipinski definition) is 0. The Labute approximate surface area is 121 Å². The van der Waals surface area contributed by atoms with Crippen molar-refractivity contribution in [2.75, 3.05) is 26.4 Å². The van der Waals surface area contributed by atoms with Gasteiger partial charge in [-0.15, -0.1) is 0 Å². The number of carbonyl (C=O) groups is 1. The van der Waals surface area contributed by atoms with Crippen molar-refractivity contribution >= 4 is 5.97 Å². The van der Waals surface area contributed by atoms with Crippen LogP contribution >= 0.6 is 0 Å². The predicted molar refractivity (Wildman–Crippen MR) is 75.4 cm³/mol. The molecule has 1 atom stereocenters. The lowest BCUT2D eigenvalue weighted by molar-refractivity contribution is -0.163. The van der Waals surface area contributed by atoms with Gasteiger partial charge in [0.2, 0.25) is 0 Å². The maximum absolute atomic E-state index is 11.4. The maximum atomic E-state index is 11.4. The molecule has 5 heteroatoms. The summed E-state index contributed by atoms with van der Waals surface area (Å²) in [6.45, 7) is 7.59. The summed E-state index contributed by atoms with van der Waals surface area (Å²) < 4.78 is 21.5. The summed E-state index contributed by atoms with van der Waals surface area (Å²) in [7, 11) is 0. The highest BCUT2D eigenvalue weighted by Crippen LogP contribution is 2.14.